The van der Waals surface area contributed by atoms with Crippen molar-refractivity contribution in [3.8, 4) is 0 Å². The van der Waals surface area contributed by atoms with Gasteiger partial charge in [-0.25, -0.2) is 4.79 Å². The Bertz CT molecular complexity index is 232. The molecule has 1 N–H and O–H groups in total. The molecule has 0 aliphatic carbocycles. The number of nitrogens with one attached hydrogen (secondary N) is 1. The van der Waals surface area contributed by atoms with Crippen molar-refractivity contribution in [1.82, 2.24) is 10.2 Å². The first-order chi connectivity index (χ1) is 8.07. The highest BCUT2D eigenvalue weighted by atomic mass is 16.6. The third-order valence-electron chi connectivity index (χ3n) is 1.96. The van der Waals surface area contributed by atoms with Crippen LogP contribution >= 0.6 is 0 Å². The molecule has 1 amide bonds. The molecular formula is C11H22N2O4. The summed E-state index contributed by atoms with van der Waals surface area (Å²) >= 11 is 0. The standard InChI is InChI=1S/C11H22N2O4/c1-4-17-11(15)9-16-8-7-12-6-5-10(14)13(2)3/h12H,4-9H2,1-3H3. The summed E-state index contributed by atoms with van der Waals surface area (Å²) in [5.41, 5.74) is 0. The van der Waals surface area contributed by atoms with E-state index in [0.29, 0.717) is 32.7 Å². The molecule has 0 unspecified atom stereocenters. The van der Waals surface area contributed by atoms with Crippen molar-refractivity contribution in [2.75, 3.05) is 47.0 Å². The highest BCUT2D eigenvalue weighted by Crippen LogP contribution is 1.85. The zero-order valence-corrected chi connectivity index (χ0v) is 10.8. The molecule has 0 aliphatic heterocycles. The molecule has 0 saturated carbocycles. The third kappa shape index (κ3) is 9.77. The zero-order valence-electron chi connectivity index (χ0n) is 10.8. The summed E-state index contributed by atoms with van der Waals surface area (Å²) < 4.78 is 9.76. The predicted octanol–water partition coefficient (Wildman–Crippen LogP) is -0.366. The van der Waals surface area contributed by atoms with Crippen LogP contribution in [0.5, 0.6) is 0 Å². The summed E-state index contributed by atoms with van der Waals surface area (Å²) in [7, 11) is 3.45. The highest BCUT2D eigenvalue weighted by Gasteiger charge is 2.03. The summed E-state index contributed by atoms with van der Waals surface area (Å²) in [5.74, 6) is -0.264. The topological polar surface area (TPSA) is 67.9 Å². The zero-order chi connectivity index (χ0) is 13.1. The van der Waals surface area contributed by atoms with Crippen LogP contribution in [0.15, 0.2) is 0 Å². The first kappa shape index (κ1) is 15.9. The number of hydrogen-bond acceptors (Lipinski definition) is 5. The van der Waals surface area contributed by atoms with E-state index in [1.165, 1.54) is 0 Å². The minimum absolute atomic E-state index is 0.0217. The van der Waals surface area contributed by atoms with Gasteiger partial charge in [0, 0.05) is 33.6 Å². The molecule has 100 valence electrons. The Balaban J connectivity index is 3.24. The molecule has 0 heterocycles. The van der Waals surface area contributed by atoms with Gasteiger partial charge in [-0.05, 0) is 6.92 Å². The Morgan fingerprint density at radius 2 is 1.94 bits per heavy atom. The predicted molar refractivity (Wildman–Crippen MR) is 63.6 cm³/mol. The van der Waals surface area contributed by atoms with Crippen LogP contribution in [0.25, 0.3) is 0 Å². The fraction of sp³-hybridized carbons (Fsp3) is 0.818. The van der Waals surface area contributed by atoms with Crippen LogP contribution in [0, 0.1) is 0 Å². The minimum Gasteiger partial charge on any atom is -0.464 e. The van der Waals surface area contributed by atoms with Gasteiger partial charge >= 0.3 is 5.97 Å². The molecule has 6 nitrogen and oxygen atoms in total. The van der Waals surface area contributed by atoms with E-state index < -0.39 is 0 Å². The first-order valence-corrected chi connectivity index (χ1v) is 5.72. The molecule has 0 atom stereocenters. The monoisotopic (exact) mass is 246 g/mol. The Morgan fingerprint density at radius 3 is 2.53 bits per heavy atom. The summed E-state index contributed by atoms with van der Waals surface area (Å²) in [4.78, 5) is 23.6. The Kier molecular flexibility index (Phi) is 9.37. The van der Waals surface area contributed by atoms with Crippen molar-refractivity contribution in [2.24, 2.45) is 0 Å². The van der Waals surface area contributed by atoms with Gasteiger partial charge in [-0.1, -0.05) is 0 Å². The quantitative estimate of drug-likeness (QED) is 0.444. The molecule has 0 fully saturated rings. The molecule has 0 spiro atoms. The van der Waals surface area contributed by atoms with Gasteiger partial charge in [0.05, 0.1) is 13.2 Å². The van der Waals surface area contributed by atoms with E-state index in [4.69, 9.17) is 9.47 Å². The Hall–Kier alpha value is -1.14. The molecule has 0 bridgehead atoms. The maximum atomic E-state index is 11.2. The lowest BCUT2D eigenvalue weighted by molar-refractivity contribution is -0.148. The molecule has 6 heteroatoms. The molecule has 17 heavy (non-hydrogen) atoms. The van der Waals surface area contributed by atoms with E-state index >= 15 is 0 Å². The Labute approximate surface area is 102 Å². The summed E-state index contributed by atoms with van der Waals surface area (Å²) in [6.07, 6.45) is 0.463. The largest absolute Gasteiger partial charge is 0.464 e. The fourth-order valence-corrected chi connectivity index (χ4v) is 1.05. The molecule has 0 aromatic rings. The number of nitrogens with zero attached hydrogens (tertiary/aromatic N) is 1. The van der Waals surface area contributed by atoms with Crippen LogP contribution in [-0.2, 0) is 19.1 Å². The number of carbonyl (C=O) groups is 2. The van der Waals surface area contributed by atoms with Crippen molar-refractivity contribution in [1.29, 1.82) is 0 Å². The fourth-order valence-electron chi connectivity index (χ4n) is 1.05. The number of amides is 1. The average Bonchev–Trinajstić information content (AvgIpc) is 2.27. The van der Waals surface area contributed by atoms with Gasteiger partial charge in [0.15, 0.2) is 0 Å². The summed E-state index contributed by atoms with van der Waals surface area (Å²) in [5, 5.41) is 3.05. The number of ether oxygens (including phenoxy) is 2. The molecule has 0 rings (SSSR count). The third-order valence-corrected chi connectivity index (χ3v) is 1.96. The van der Waals surface area contributed by atoms with Gasteiger partial charge in [0.2, 0.25) is 5.91 Å². The number of rotatable bonds is 9. The van der Waals surface area contributed by atoms with Crippen LogP contribution in [-0.4, -0.2) is 63.8 Å². The average molecular weight is 246 g/mol. The molecule has 0 radical (unpaired) electrons. The van der Waals surface area contributed by atoms with E-state index in [1.807, 2.05) is 0 Å². The SMILES string of the molecule is CCOC(=O)COCCNCCC(=O)N(C)C. The number of esters is 1. The second-order valence-corrected chi connectivity index (χ2v) is 3.65. The Morgan fingerprint density at radius 1 is 1.24 bits per heavy atom. The van der Waals surface area contributed by atoms with Gasteiger partial charge < -0.3 is 19.7 Å². The van der Waals surface area contributed by atoms with Crippen molar-refractivity contribution in [3.05, 3.63) is 0 Å². The van der Waals surface area contributed by atoms with Crippen LogP contribution in [0.4, 0.5) is 0 Å². The van der Waals surface area contributed by atoms with Gasteiger partial charge in [-0.15, -0.1) is 0 Å². The van der Waals surface area contributed by atoms with Crippen molar-refractivity contribution in [3.63, 3.8) is 0 Å². The van der Waals surface area contributed by atoms with Crippen molar-refractivity contribution in [2.45, 2.75) is 13.3 Å². The normalized spacial score (nSPS) is 10.1. The number of hydrogen-bond donors (Lipinski definition) is 1. The first-order valence-electron chi connectivity index (χ1n) is 5.72. The van der Waals surface area contributed by atoms with Crippen LogP contribution in [0.2, 0.25) is 0 Å². The second-order valence-electron chi connectivity index (χ2n) is 3.65. The van der Waals surface area contributed by atoms with Gasteiger partial charge in [-0.3, -0.25) is 4.79 Å². The van der Waals surface area contributed by atoms with E-state index in [-0.39, 0.29) is 18.5 Å². The lowest BCUT2D eigenvalue weighted by Gasteiger charge is -2.10. The van der Waals surface area contributed by atoms with E-state index in [2.05, 4.69) is 5.32 Å². The summed E-state index contributed by atoms with van der Waals surface area (Å²) in [6, 6.07) is 0. The second kappa shape index (κ2) is 10.0. The van der Waals surface area contributed by atoms with Crippen molar-refractivity contribution >= 4 is 11.9 Å². The summed E-state index contributed by atoms with van der Waals surface area (Å²) in [6.45, 7) is 3.75. The molecular weight excluding hydrogens is 224 g/mol. The van der Waals surface area contributed by atoms with Gasteiger partial charge in [0.1, 0.15) is 6.61 Å². The van der Waals surface area contributed by atoms with Crippen LogP contribution in [0.3, 0.4) is 0 Å². The lowest BCUT2D eigenvalue weighted by atomic mass is 10.4. The molecule has 0 aromatic carbocycles. The van der Waals surface area contributed by atoms with Gasteiger partial charge in [-0.2, -0.15) is 0 Å². The van der Waals surface area contributed by atoms with Crippen LogP contribution in [0.1, 0.15) is 13.3 Å². The maximum Gasteiger partial charge on any atom is 0.332 e. The maximum absolute atomic E-state index is 11.2. The number of carbonyl (C=O) groups excluding carboxylic acids is 2. The van der Waals surface area contributed by atoms with Gasteiger partial charge in [0.25, 0.3) is 0 Å². The van der Waals surface area contributed by atoms with E-state index in [1.54, 1.807) is 25.9 Å². The van der Waals surface area contributed by atoms with E-state index in [9.17, 15) is 9.59 Å². The lowest BCUT2D eigenvalue weighted by Crippen LogP contribution is -2.28. The molecule has 0 aliphatic rings. The molecule has 0 aromatic heterocycles. The van der Waals surface area contributed by atoms with Crippen molar-refractivity contribution < 1.29 is 19.1 Å². The smallest absolute Gasteiger partial charge is 0.332 e. The van der Waals surface area contributed by atoms with Crippen LogP contribution < -0.4 is 5.32 Å². The van der Waals surface area contributed by atoms with E-state index in [0.717, 1.165) is 0 Å². The minimum atomic E-state index is -0.352. The molecule has 0 saturated heterocycles. The highest BCUT2D eigenvalue weighted by molar-refractivity contribution is 5.75.